The van der Waals surface area contributed by atoms with Gasteiger partial charge in [-0.1, -0.05) is 36.4 Å². The molecule has 34 heavy (non-hydrogen) atoms. The summed E-state index contributed by atoms with van der Waals surface area (Å²) < 4.78 is 11.4. The van der Waals surface area contributed by atoms with Crippen LogP contribution < -0.4 is 9.64 Å². The molecule has 0 amide bonds. The summed E-state index contributed by atoms with van der Waals surface area (Å²) in [5.41, 5.74) is 2.96. The van der Waals surface area contributed by atoms with Crippen molar-refractivity contribution in [2.75, 3.05) is 57.5 Å². The van der Waals surface area contributed by atoms with E-state index in [2.05, 4.69) is 20.9 Å². The van der Waals surface area contributed by atoms with Crippen LogP contribution in [0.5, 0.6) is 11.8 Å². The van der Waals surface area contributed by atoms with Gasteiger partial charge >= 0.3 is 6.01 Å². The van der Waals surface area contributed by atoms with Crippen LogP contribution in [0.1, 0.15) is 17.2 Å². The Morgan fingerprint density at radius 2 is 1.85 bits per heavy atom. The van der Waals surface area contributed by atoms with Crippen LogP contribution in [0.4, 0.5) is 5.95 Å². The molecule has 5 rings (SSSR count). The molecular formula is C25H29N5O4. The minimum absolute atomic E-state index is 0.0582. The first-order valence-corrected chi connectivity index (χ1v) is 11.6. The highest BCUT2D eigenvalue weighted by Gasteiger charge is 2.29. The minimum atomic E-state index is -0.259. The molecule has 1 saturated heterocycles. The number of aliphatic hydroxyl groups excluding tert-OH is 1. The molecule has 0 radical (unpaired) electrons. The summed E-state index contributed by atoms with van der Waals surface area (Å²) in [5, 5.41) is 20.2. The molecule has 3 aromatic rings. The van der Waals surface area contributed by atoms with Crippen LogP contribution in [0.25, 0.3) is 11.4 Å². The van der Waals surface area contributed by atoms with Gasteiger partial charge in [0, 0.05) is 31.7 Å². The topological polar surface area (TPSA) is 104 Å². The molecular weight excluding hydrogens is 434 g/mol. The van der Waals surface area contributed by atoms with E-state index in [1.54, 1.807) is 18.2 Å². The van der Waals surface area contributed by atoms with Gasteiger partial charge in [-0.25, -0.2) is 0 Å². The molecule has 0 spiro atoms. The average molecular weight is 464 g/mol. The fourth-order valence-corrected chi connectivity index (χ4v) is 4.49. The monoisotopic (exact) mass is 463 g/mol. The number of nitrogens with zero attached hydrogens (tertiary/aromatic N) is 5. The van der Waals surface area contributed by atoms with E-state index in [1.165, 1.54) is 5.56 Å². The van der Waals surface area contributed by atoms with E-state index in [0.29, 0.717) is 30.5 Å². The maximum atomic E-state index is 10.3. The Balaban J connectivity index is 1.44. The van der Waals surface area contributed by atoms with E-state index < -0.39 is 0 Å². The molecule has 1 fully saturated rings. The molecule has 0 aliphatic carbocycles. The van der Waals surface area contributed by atoms with E-state index in [0.717, 1.165) is 44.8 Å². The van der Waals surface area contributed by atoms with Crippen molar-refractivity contribution in [1.82, 2.24) is 19.9 Å². The molecule has 2 aromatic carbocycles. The lowest BCUT2D eigenvalue weighted by Crippen LogP contribution is -2.39. The van der Waals surface area contributed by atoms with Gasteiger partial charge in [0.05, 0.1) is 25.9 Å². The van der Waals surface area contributed by atoms with Gasteiger partial charge in [0.2, 0.25) is 5.95 Å². The van der Waals surface area contributed by atoms with Crippen LogP contribution in [0.2, 0.25) is 0 Å². The van der Waals surface area contributed by atoms with Gasteiger partial charge in [-0.15, -0.1) is 0 Å². The SMILES string of the molecule is OC[C@H]1c2ccccc2CCN1c1nc(OCCN2CCOCC2)nc(-c2cccc(O)c2)n1. The lowest BCUT2D eigenvalue weighted by Gasteiger charge is -2.36. The zero-order valence-electron chi connectivity index (χ0n) is 19.0. The van der Waals surface area contributed by atoms with Crippen LogP contribution >= 0.6 is 0 Å². The minimum Gasteiger partial charge on any atom is -0.508 e. The zero-order valence-corrected chi connectivity index (χ0v) is 19.0. The van der Waals surface area contributed by atoms with E-state index in [9.17, 15) is 10.2 Å². The number of anilines is 1. The predicted molar refractivity (Wildman–Crippen MR) is 127 cm³/mol. The molecule has 1 atom stereocenters. The van der Waals surface area contributed by atoms with Crippen LogP contribution in [-0.2, 0) is 11.2 Å². The van der Waals surface area contributed by atoms with Gasteiger partial charge < -0.3 is 24.6 Å². The van der Waals surface area contributed by atoms with Crippen molar-refractivity contribution in [3.63, 3.8) is 0 Å². The molecule has 0 unspecified atom stereocenters. The number of phenols is 1. The molecule has 2 N–H and O–H groups in total. The third-order valence-electron chi connectivity index (χ3n) is 6.29. The maximum Gasteiger partial charge on any atom is 0.321 e. The molecule has 2 aliphatic heterocycles. The highest BCUT2D eigenvalue weighted by Crippen LogP contribution is 2.33. The normalized spacial score (nSPS) is 18.5. The molecule has 1 aromatic heterocycles. The van der Waals surface area contributed by atoms with Crippen molar-refractivity contribution in [2.24, 2.45) is 0 Å². The summed E-state index contributed by atoms with van der Waals surface area (Å²) in [4.78, 5) is 18.2. The standard InChI is InChI=1S/C25H29N5O4/c31-17-22-21-7-2-1-4-18(21)8-9-30(22)24-26-23(19-5-3-6-20(32)16-19)27-25(28-24)34-15-12-29-10-13-33-14-11-29/h1-7,16,22,31-32H,8-15,17H2/t22-/m0/s1. The summed E-state index contributed by atoms with van der Waals surface area (Å²) in [5.74, 6) is 0.996. The van der Waals surface area contributed by atoms with Gasteiger partial charge in [0.25, 0.3) is 0 Å². The summed E-state index contributed by atoms with van der Waals surface area (Å²) in [6.07, 6.45) is 0.826. The lowest BCUT2D eigenvalue weighted by molar-refractivity contribution is 0.0317. The van der Waals surface area contributed by atoms with Gasteiger partial charge in [0.1, 0.15) is 12.4 Å². The smallest absolute Gasteiger partial charge is 0.321 e. The third-order valence-corrected chi connectivity index (χ3v) is 6.29. The number of aromatic hydroxyl groups is 1. The number of ether oxygens (including phenoxy) is 2. The Bertz CT molecular complexity index is 1120. The molecule has 0 saturated carbocycles. The Morgan fingerprint density at radius 3 is 2.68 bits per heavy atom. The Morgan fingerprint density at radius 1 is 1.00 bits per heavy atom. The summed E-state index contributed by atoms with van der Waals surface area (Å²) in [6.45, 7) is 5.03. The van der Waals surface area contributed by atoms with Crippen molar-refractivity contribution >= 4 is 5.95 Å². The largest absolute Gasteiger partial charge is 0.508 e. The molecule has 9 nitrogen and oxygen atoms in total. The lowest BCUT2D eigenvalue weighted by atomic mass is 9.93. The Hall–Kier alpha value is -3.27. The van der Waals surface area contributed by atoms with Crippen LogP contribution in [0.15, 0.2) is 48.5 Å². The second-order valence-corrected chi connectivity index (χ2v) is 8.43. The van der Waals surface area contributed by atoms with E-state index in [-0.39, 0.29) is 24.4 Å². The molecule has 3 heterocycles. The first-order valence-electron chi connectivity index (χ1n) is 11.6. The maximum absolute atomic E-state index is 10.3. The van der Waals surface area contributed by atoms with Crippen LogP contribution in [0.3, 0.4) is 0 Å². The first kappa shape index (κ1) is 22.5. The molecule has 9 heteroatoms. The van der Waals surface area contributed by atoms with Gasteiger partial charge in [-0.2, -0.15) is 15.0 Å². The fourth-order valence-electron chi connectivity index (χ4n) is 4.49. The second kappa shape index (κ2) is 10.3. The van der Waals surface area contributed by atoms with Crippen LogP contribution in [0, 0.1) is 0 Å². The van der Waals surface area contributed by atoms with Crippen molar-refractivity contribution in [3.8, 4) is 23.1 Å². The summed E-state index contributed by atoms with van der Waals surface area (Å²) >= 11 is 0. The fraction of sp³-hybridized carbons (Fsp3) is 0.400. The quantitative estimate of drug-likeness (QED) is 0.545. The van der Waals surface area contributed by atoms with Crippen molar-refractivity contribution in [2.45, 2.75) is 12.5 Å². The highest BCUT2D eigenvalue weighted by atomic mass is 16.5. The Kier molecular flexibility index (Phi) is 6.84. The molecule has 178 valence electrons. The van der Waals surface area contributed by atoms with Crippen molar-refractivity contribution < 1.29 is 19.7 Å². The number of hydrogen-bond acceptors (Lipinski definition) is 9. The van der Waals surface area contributed by atoms with Gasteiger partial charge in [0.15, 0.2) is 5.82 Å². The number of hydrogen-bond donors (Lipinski definition) is 2. The summed E-state index contributed by atoms with van der Waals surface area (Å²) in [6, 6.07) is 14.9. The average Bonchev–Trinajstić information content (AvgIpc) is 2.88. The number of morpholine rings is 1. The Labute approximate surface area is 198 Å². The van der Waals surface area contributed by atoms with Gasteiger partial charge in [-0.05, 0) is 29.7 Å². The zero-order chi connectivity index (χ0) is 23.3. The molecule has 0 bridgehead atoms. The predicted octanol–water partition coefficient (Wildman–Crippen LogP) is 2.05. The van der Waals surface area contributed by atoms with E-state index in [4.69, 9.17) is 14.5 Å². The van der Waals surface area contributed by atoms with E-state index in [1.807, 2.05) is 29.2 Å². The van der Waals surface area contributed by atoms with E-state index >= 15 is 0 Å². The molecule has 2 aliphatic rings. The van der Waals surface area contributed by atoms with Crippen molar-refractivity contribution in [1.29, 1.82) is 0 Å². The third kappa shape index (κ3) is 4.96. The van der Waals surface area contributed by atoms with Crippen molar-refractivity contribution in [3.05, 3.63) is 59.7 Å². The number of fused-ring (bicyclic) bond motifs is 1. The highest BCUT2D eigenvalue weighted by molar-refractivity contribution is 5.59. The number of rotatable bonds is 7. The summed E-state index contributed by atoms with van der Waals surface area (Å²) in [7, 11) is 0. The first-order chi connectivity index (χ1) is 16.7. The number of aromatic nitrogens is 3. The number of phenolic OH excluding ortho intramolecular Hbond substituents is 1. The van der Waals surface area contributed by atoms with Gasteiger partial charge in [-0.3, -0.25) is 4.90 Å². The number of aliphatic hydroxyl groups is 1. The second-order valence-electron chi connectivity index (χ2n) is 8.43. The van der Waals surface area contributed by atoms with Crippen LogP contribution in [-0.4, -0.2) is 82.7 Å². The number of benzene rings is 2.